The number of hydrogen-bond acceptors (Lipinski definition) is 1. The Morgan fingerprint density at radius 2 is 1.90 bits per heavy atom. The zero-order valence-electron chi connectivity index (χ0n) is 12.5. The van der Waals surface area contributed by atoms with Gasteiger partial charge in [-0.15, -0.1) is 0 Å². The number of carbonyl (C=O) groups excluding carboxylic acids is 1. The lowest BCUT2D eigenvalue weighted by molar-refractivity contribution is -0.116. The maximum Gasteiger partial charge on any atom is 0.244 e. The SMILES string of the molecule is Cc1cccc(/C=C/C(=O)NC[C@@H](C)c2ccccc2)c1. The molecular weight excluding hydrogens is 258 g/mol. The summed E-state index contributed by atoms with van der Waals surface area (Å²) in [6.07, 6.45) is 3.43. The minimum absolute atomic E-state index is 0.0562. The van der Waals surface area contributed by atoms with Crippen molar-refractivity contribution in [3.63, 3.8) is 0 Å². The highest BCUT2D eigenvalue weighted by Crippen LogP contribution is 2.13. The summed E-state index contributed by atoms with van der Waals surface area (Å²) in [7, 11) is 0. The molecule has 0 saturated carbocycles. The van der Waals surface area contributed by atoms with Crippen LogP contribution in [0.25, 0.3) is 6.08 Å². The second-order valence-electron chi connectivity index (χ2n) is 5.30. The van der Waals surface area contributed by atoms with Crippen molar-refractivity contribution < 1.29 is 4.79 Å². The number of carbonyl (C=O) groups is 1. The Kier molecular flexibility index (Phi) is 5.33. The highest BCUT2D eigenvalue weighted by atomic mass is 16.1. The fourth-order valence-electron chi connectivity index (χ4n) is 2.16. The van der Waals surface area contributed by atoms with Crippen molar-refractivity contribution in [2.45, 2.75) is 19.8 Å². The van der Waals surface area contributed by atoms with Gasteiger partial charge in [-0.2, -0.15) is 0 Å². The van der Waals surface area contributed by atoms with Crippen LogP contribution in [-0.2, 0) is 4.79 Å². The molecule has 1 atom stereocenters. The van der Waals surface area contributed by atoms with Crippen molar-refractivity contribution in [1.29, 1.82) is 0 Å². The Labute approximate surface area is 126 Å². The smallest absolute Gasteiger partial charge is 0.244 e. The van der Waals surface area contributed by atoms with E-state index in [9.17, 15) is 4.79 Å². The van der Waals surface area contributed by atoms with Crippen LogP contribution in [0.3, 0.4) is 0 Å². The average Bonchev–Trinajstić information content (AvgIpc) is 2.51. The Bertz CT molecular complexity index is 616. The lowest BCUT2D eigenvalue weighted by Crippen LogP contribution is -2.25. The Morgan fingerprint density at radius 3 is 2.62 bits per heavy atom. The first-order valence-electron chi connectivity index (χ1n) is 7.22. The van der Waals surface area contributed by atoms with Crippen LogP contribution >= 0.6 is 0 Å². The van der Waals surface area contributed by atoms with Gasteiger partial charge in [0.25, 0.3) is 0 Å². The Hall–Kier alpha value is -2.35. The van der Waals surface area contributed by atoms with E-state index in [2.05, 4.69) is 30.4 Å². The number of rotatable bonds is 5. The summed E-state index contributed by atoms with van der Waals surface area (Å²) in [5.41, 5.74) is 3.47. The zero-order valence-corrected chi connectivity index (χ0v) is 12.5. The van der Waals surface area contributed by atoms with Crippen LogP contribution in [0.2, 0.25) is 0 Å². The van der Waals surface area contributed by atoms with Crippen molar-refractivity contribution in [2.24, 2.45) is 0 Å². The lowest BCUT2D eigenvalue weighted by atomic mass is 10.0. The molecule has 2 aromatic rings. The normalized spacial score (nSPS) is 12.3. The van der Waals surface area contributed by atoms with E-state index in [-0.39, 0.29) is 5.91 Å². The second-order valence-corrected chi connectivity index (χ2v) is 5.30. The van der Waals surface area contributed by atoms with Gasteiger partial charge in [0.2, 0.25) is 5.91 Å². The lowest BCUT2D eigenvalue weighted by Gasteiger charge is -2.11. The fourth-order valence-corrected chi connectivity index (χ4v) is 2.16. The molecule has 0 aliphatic heterocycles. The van der Waals surface area contributed by atoms with Gasteiger partial charge in [-0.25, -0.2) is 0 Å². The third-order valence-electron chi connectivity index (χ3n) is 3.42. The monoisotopic (exact) mass is 279 g/mol. The van der Waals surface area contributed by atoms with Gasteiger partial charge in [-0.3, -0.25) is 4.79 Å². The molecular formula is C19H21NO. The Morgan fingerprint density at radius 1 is 1.14 bits per heavy atom. The molecule has 0 spiro atoms. The molecule has 0 aliphatic rings. The molecule has 0 heterocycles. The van der Waals surface area contributed by atoms with Crippen molar-refractivity contribution in [1.82, 2.24) is 5.32 Å². The third kappa shape index (κ3) is 4.92. The van der Waals surface area contributed by atoms with Gasteiger partial charge in [-0.05, 0) is 30.0 Å². The van der Waals surface area contributed by atoms with Gasteiger partial charge in [0.15, 0.2) is 0 Å². The molecule has 0 aromatic heterocycles. The molecule has 2 rings (SSSR count). The standard InChI is InChI=1S/C19H21NO/c1-15-7-6-8-17(13-15)11-12-19(21)20-14-16(2)18-9-4-3-5-10-18/h3-13,16H,14H2,1-2H3,(H,20,21)/b12-11+/t16-/m1/s1. The summed E-state index contributed by atoms with van der Waals surface area (Å²) in [4.78, 5) is 11.8. The third-order valence-corrected chi connectivity index (χ3v) is 3.42. The molecule has 0 bridgehead atoms. The van der Waals surface area contributed by atoms with E-state index >= 15 is 0 Å². The molecule has 0 fully saturated rings. The van der Waals surface area contributed by atoms with Crippen LogP contribution in [0.1, 0.15) is 29.5 Å². The number of aryl methyl sites for hydroxylation is 1. The number of benzene rings is 2. The van der Waals surface area contributed by atoms with E-state index in [0.717, 1.165) is 5.56 Å². The molecule has 0 radical (unpaired) electrons. The summed E-state index contributed by atoms with van der Waals surface area (Å²) in [5, 5.41) is 2.94. The van der Waals surface area contributed by atoms with Crippen molar-refractivity contribution in [3.8, 4) is 0 Å². The number of amides is 1. The van der Waals surface area contributed by atoms with Crippen LogP contribution in [0.4, 0.5) is 0 Å². The van der Waals surface area contributed by atoms with Crippen molar-refractivity contribution >= 4 is 12.0 Å². The van der Waals surface area contributed by atoms with E-state index in [0.29, 0.717) is 12.5 Å². The van der Waals surface area contributed by atoms with E-state index in [1.54, 1.807) is 6.08 Å². The highest BCUT2D eigenvalue weighted by molar-refractivity contribution is 5.91. The van der Waals surface area contributed by atoms with E-state index < -0.39 is 0 Å². The maximum absolute atomic E-state index is 11.8. The summed E-state index contributed by atoms with van der Waals surface area (Å²) in [6, 6.07) is 18.3. The molecule has 2 nitrogen and oxygen atoms in total. The Balaban J connectivity index is 1.85. The average molecular weight is 279 g/mol. The second kappa shape index (κ2) is 7.44. The maximum atomic E-state index is 11.8. The molecule has 2 heteroatoms. The predicted molar refractivity (Wildman–Crippen MR) is 88.1 cm³/mol. The van der Waals surface area contributed by atoms with Crippen LogP contribution in [0.15, 0.2) is 60.7 Å². The van der Waals surface area contributed by atoms with Crippen LogP contribution < -0.4 is 5.32 Å². The first-order chi connectivity index (χ1) is 10.1. The van der Waals surface area contributed by atoms with Gasteiger partial charge >= 0.3 is 0 Å². The first kappa shape index (κ1) is 15.0. The number of nitrogens with one attached hydrogen (secondary N) is 1. The summed E-state index contributed by atoms with van der Waals surface area (Å²) >= 11 is 0. The van der Waals surface area contributed by atoms with Crippen LogP contribution in [0.5, 0.6) is 0 Å². The molecule has 1 amide bonds. The predicted octanol–water partition coefficient (Wildman–Crippen LogP) is 3.93. The molecule has 0 aliphatic carbocycles. The van der Waals surface area contributed by atoms with Crippen LogP contribution in [-0.4, -0.2) is 12.5 Å². The van der Waals surface area contributed by atoms with Gasteiger partial charge in [0.1, 0.15) is 0 Å². The molecule has 2 aromatic carbocycles. The van der Waals surface area contributed by atoms with Crippen molar-refractivity contribution in [2.75, 3.05) is 6.54 Å². The minimum atomic E-state index is -0.0562. The summed E-state index contributed by atoms with van der Waals surface area (Å²) < 4.78 is 0. The molecule has 21 heavy (non-hydrogen) atoms. The minimum Gasteiger partial charge on any atom is -0.352 e. The molecule has 1 N–H and O–H groups in total. The molecule has 0 unspecified atom stereocenters. The molecule has 0 saturated heterocycles. The fraction of sp³-hybridized carbons (Fsp3) is 0.211. The van der Waals surface area contributed by atoms with E-state index in [4.69, 9.17) is 0 Å². The summed E-state index contributed by atoms with van der Waals surface area (Å²) in [5.74, 6) is 0.252. The first-order valence-corrected chi connectivity index (χ1v) is 7.22. The van der Waals surface area contributed by atoms with Crippen LogP contribution in [0, 0.1) is 6.92 Å². The van der Waals surface area contributed by atoms with Gasteiger partial charge in [-0.1, -0.05) is 67.1 Å². The number of hydrogen-bond donors (Lipinski definition) is 1. The largest absolute Gasteiger partial charge is 0.352 e. The molecule has 108 valence electrons. The topological polar surface area (TPSA) is 29.1 Å². The zero-order chi connectivity index (χ0) is 15.1. The summed E-state index contributed by atoms with van der Waals surface area (Å²) in [6.45, 7) is 4.79. The van der Waals surface area contributed by atoms with E-state index in [1.165, 1.54) is 11.1 Å². The van der Waals surface area contributed by atoms with Crippen molar-refractivity contribution in [3.05, 3.63) is 77.4 Å². The van der Waals surface area contributed by atoms with Gasteiger partial charge in [0, 0.05) is 12.6 Å². The quantitative estimate of drug-likeness (QED) is 0.826. The van der Waals surface area contributed by atoms with E-state index in [1.807, 2.05) is 49.4 Å². The van der Waals surface area contributed by atoms with Gasteiger partial charge in [0.05, 0.1) is 0 Å². The highest BCUT2D eigenvalue weighted by Gasteiger charge is 2.05. The van der Waals surface area contributed by atoms with Gasteiger partial charge < -0.3 is 5.32 Å².